The number of rotatable bonds is 5. The first-order valence-electron chi connectivity index (χ1n) is 9.23. The number of para-hydroxylation sites is 1. The number of carbonyl (C=O) groups excluding carboxylic acids is 2. The molecule has 0 saturated heterocycles. The number of nitrogens with one attached hydrogen (secondary N) is 1. The lowest BCUT2D eigenvalue weighted by Crippen LogP contribution is -2.19. The summed E-state index contributed by atoms with van der Waals surface area (Å²) in [5, 5.41) is 2.83. The molecule has 3 aromatic rings. The first-order valence-corrected chi connectivity index (χ1v) is 9.23. The van der Waals surface area contributed by atoms with Crippen LogP contribution in [0.5, 0.6) is 0 Å². The summed E-state index contributed by atoms with van der Waals surface area (Å²) in [6.07, 6.45) is 1.07. The summed E-state index contributed by atoms with van der Waals surface area (Å²) in [5.41, 5.74) is 10.7. The largest absolute Gasteiger partial charge is 0.367 e. The zero-order valence-corrected chi connectivity index (χ0v) is 15.4. The van der Waals surface area contributed by atoms with Crippen molar-refractivity contribution < 1.29 is 9.59 Å². The summed E-state index contributed by atoms with van der Waals surface area (Å²) in [6.45, 7) is 1.84. The van der Waals surface area contributed by atoms with E-state index in [0.29, 0.717) is 16.8 Å². The SMILES string of the molecule is NC(=O)c1ccc(NC(=O)c2ccc(CN3CCc4ccccc43)cc2)cc1. The first kappa shape index (κ1) is 17.8. The predicted molar refractivity (Wildman–Crippen MR) is 111 cm³/mol. The summed E-state index contributed by atoms with van der Waals surface area (Å²) in [5.74, 6) is -0.681. The molecule has 0 aromatic heterocycles. The molecule has 5 heteroatoms. The Morgan fingerprint density at radius 1 is 0.893 bits per heavy atom. The molecular weight excluding hydrogens is 350 g/mol. The third kappa shape index (κ3) is 3.74. The third-order valence-electron chi connectivity index (χ3n) is 5.00. The third-order valence-corrected chi connectivity index (χ3v) is 5.00. The second-order valence-electron chi connectivity index (χ2n) is 6.89. The van der Waals surface area contributed by atoms with Crippen molar-refractivity contribution in [2.75, 3.05) is 16.8 Å². The number of anilines is 2. The monoisotopic (exact) mass is 371 g/mol. The minimum atomic E-state index is -0.492. The molecular formula is C23H21N3O2. The van der Waals surface area contributed by atoms with Crippen LogP contribution in [0.3, 0.4) is 0 Å². The van der Waals surface area contributed by atoms with E-state index in [1.165, 1.54) is 16.8 Å². The van der Waals surface area contributed by atoms with Crippen molar-refractivity contribution in [1.29, 1.82) is 0 Å². The molecule has 0 fully saturated rings. The van der Waals surface area contributed by atoms with E-state index >= 15 is 0 Å². The topological polar surface area (TPSA) is 75.4 Å². The molecule has 5 nitrogen and oxygen atoms in total. The second kappa shape index (κ2) is 7.56. The van der Waals surface area contributed by atoms with E-state index in [0.717, 1.165) is 19.5 Å². The zero-order chi connectivity index (χ0) is 19.5. The summed E-state index contributed by atoms with van der Waals surface area (Å²) in [4.78, 5) is 25.9. The van der Waals surface area contributed by atoms with Crippen LogP contribution < -0.4 is 16.0 Å². The number of carbonyl (C=O) groups is 2. The van der Waals surface area contributed by atoms with E-state index < -0.39 is 5.91 Å². The first-order chi connectivity index (χ1) is 13.6. The van der Waals surface area contributed by atoms with Gasteiger partial charge in [-0.2, -0.15) is 0 Å². The van der Waals surface area contributed by atoms with Crippen molar-refractivity contribution in [3.63, 3.8) is 0 Å². The van der Waals surface area contributed by atoms with Gasteiger partial charge < -0.3 is 16.0 Å². The number of amides is 2. The van der Waals surface area contributed by atoms with E-state index in [9.17, 15) is 9.59 Å². The minimum Gasteiger partial charge on any atom is -0.367 e. The molecule has 140 valence electrons. The lowest BCUT2D eigenvalue weighted by molar-refractivity contribution is 0.0998. The lowest BCUT2D eigenvalue weighted by Gasteiger charge is -2.19. The van der Waals surface area contributed by atoms with Gasteiger partial charge in [0.1, 0.15) is 0 Å². The van der Waals surface area contributed by atoms with E-state index in [2.05, 4.69) is 34.5 Å². The van der Waals surface area contributed by atoms with Gasteiger partial charge in [-0.15, -0.1) is 0 Å². The van der Waals surface area contributed by atoms with Gasteiger partial charge in [0, 0.05) is 35.6 Å². The number of nitrogens with zero attached hydrogens (tertiary/aromatic N) is 1. The van der Waals surface area contributed by atoms with Gasteiger partial charge in [-0.25, -0.2) is 0 Å². The van der Waals surface area contributed by atoms with Gasteiger partial charge in [0.2, 0.25) is 5.91 Å². The number of hydrogen-bond acceptors (Lipinski definition) is 3. The maximum Gasteiger partial charge on any atom is 0.255 e. The molecule has 0 unspecified atom stereocenters. The van der Waals surface area contributed by atoms with Crippen LogP contribution in [0.4, 0.5) is 11.4 Å². The molecule has 28 heavy (non-hydrogen) atoms. The molecule has 1 aliphatic heterocycles. The number of benzene rings is 3. The molecule has 3 N–H and O–H groups in total. The van der Waals surface area contributed by atoms with Crippen LogP contribution in [0.1, 0.15) is 31.8 Å². The van der Waals surface area contributed by atoms with Crippen LogP contribution >= 0.6 is 0 Å². The standard InChI is InChI=1S/C23H21N3O2/c24-22(27)18-9-11-20(12-10-18)25-23(28)19-7-5-16(6-8-19)15-26-14-13-17-3-1-2-4-21(17)26/h1-12H,13-15H2,(H2,24,27)(H,25,28). The summed E-state index contributed by atoms with van der Waals surface area (Å²) in [6, 6.07) is 22.7. The Kier molecular flexibility index (Phi) is 4.81. The molecule has 0 bridgehead atoms. The fourth-order valence-electron chi connectivity index (χ4n) is 3.47. The smallest absolute Gasteiger partial charge is 0.255 e. The zero-order valence-electron chi connectivity index (χ0n) is 15.4. The van der Waals surface area contributed by atoms with E-state index in [4.69, 9.17) is 5.73 Å². The maximum atomic E-state index is 12.4. The van der Waals surface area contributed by atoms with Gasteiger partial charge >= 0.3 is 0 Å². The number of hydrogen-bond donors (Lipinski definition) is 2. The Labute approximate surface area is 163 Å². The quantitative estimate of drug-likeness (QED) is 0.719. The molecule has 0 atom stereocenters. The van der Waals surface area contributed by atoms with Gasteiger partial charge in [-0.1, -0.05) is 30.3 Å². The van der Waals surface area contributed by atoms with Crippen LogP contribution in [-0.2, 0) is 13.0 Å². The molecule has 3 aromatic carbocycles. The summed E-state index contributed by atoms with van der Waals surface area (Å²) in [7, 11) is 0. The maximum absolute atomic E-state index is 12.4. The van der Waals surface area contributed by atoms with Crippen molar-refractivity contribution >= 4 is 23.2 Å². The van der Waals surface area contributed by atoms with Crippen molar-refractivity contribution in [2.24, 2.45) is 5.73 Å². The van der Waals surface area contributed by atoms with Gasteiger partial charge in [0.25, 0.3) is 5.91 Å². The van der Waals surface area contributed by atoms with Crippen LogP contribution in [0, 0.1) is 0 Å². The molecule has 0 aliphatic carbocycles. The molecule has 1 aliphatic rings. The summed E-state index contributed by atoms with van der Waals surface area (Å²) >= 11 is 0. The molecule has 4 rings (SSSR count). The fraction of sp³-hybridized carbons (Fsp3) is 0.130. The Hall–Kier alpha value is -3.60. The highest BCUT2D eigenvalue weighted by atomic mass is 16.2. The van der Waals surface area contributed by atoms with Gasteiger partial charge in [-0.05, 0) is 60.0 Å². The summed E-state index contributed by atoms with van der Waals surface area (Å²) < 4.78 is 0. The van der Waals surface area contributed by atoms with Crippen molar-refractivity contribution in [3.05, 3.63) is 95.1 Å². The van der Waals surface area contributed by atoms with Crippen LogP contribution in [0.25, 0.3) is 0 Å². The Morgan fingerprint density at radius 2 is 1.57 bits per heavy atom. The van der Waals surface area contributed by atoms with E-state index in [1.807, 2.05) is 24.3 Å². The fourth-order valence-corrected chi connectivity index (χ4v) is 3.47. The van der Waals surface area contributed by atoms with E-state index in [-0.39, 0.29) is 5.91 Å². The molecule has 0 radical (unpaired) electrons. The van der Waals surface area contributed by atoms with Crippen molar-refractivity contribution in [1.82, 2.24) is 0 Å². The Morgan fingerprint density at radius 3 is 2.29 bits per heavy atom. The van der Waals surface area contributed by atoms with Crippen molar-refractivity contribution in [3.8, 4) is 0 Å². The number of fused-ring (bicyclic) bond motifs is 1. The van der Waals surface area contributed by atoms with Crippen LogP contribution in [0.15, 0.2) is 72.8 Å². The number of primary amides is 1. The van der Waals surface area contributed by atoms with E-state index in [1.54, 1.807) is 24.3 Å². The highest BCUT2D eigenvalue weighted by Crippen LogP contribution is 2.28. The molecule has 0 saturated carbocycles. The second-order valence-corrected chi connectivity index (χ2v) is 6.89. The van der Waals surface area contributed by atoms with Crippen LogP contribution in [0.2, 0.25) is 0 Å². The highest BCUT2D eigenvalue weighted by Gasteiger charge is 2.18. The van der Waals surface area contributed by atoms with Gasteiger partial charge in [0.05, 0.1) is 0 Å². The van der Waals surface area contributed by atoms with Gasteiger partial charge in [-0.3, -0.25) is 9.59 Å². The number of nitrogens with two attached hydrogens (primary N) is 1. The lowest BCUT2D eigenvalue weighted by atomic mass is 10.1. The van der Waals surface area contributed by atoms with Crippen LogP contribution in [-0.4, -0.2) is 18.4 Å². The predicted octanol–water partition coefficient (Wildman–Crippen LogP) is 3.60. The molecule has 2 amide bonds. The Balaban J connectivity index is 1.40. The van der Waals surface area contributed by atoms with Gasteiger partial charge in [0.15, 0.2) is 0 Å². The molecule has 0 spiro atoms. The normalized spacial score (nSPS) is 12.5. The Bertz CT molecular complexity index is 1010. The average molecular weight is 371 g/mol. The van der Waals surface area contributed by atoms with Crippen molar-refractivity contribution in [2.45, 2.75) is 13.0 Å². The minimum absolute atomic E-state index is 0.190. The molecule has 1 heterocycles. The average Bonchev–Trinajstić information content (AvgIpc) is 3.12. The highest BCUT2D eigenvalue weighted by molar-refractivity contribution is 6.04.